The first-order chi connectivity index (χ1) is 14.3. The third kappa shape index (κ3) is 4.66. The van der Waals surface area contributed by atoms with Gasteiger partial charge >= 0.3 is 0 Å². The Kier molecular flexibility index (Phi) is 6.09. The van der Waals surface area contributed by atoms with Crippen molar-refractivity contribution in [3.8, 4) is 5.75 Å². The van der Waals surface area contributed by atoms with Crippen molar-refractivity contribution in [1.29, 1.82) is 0 Å². The van der Waals surface area contributed by atoms with Crippen LogP contribution in [0.15, 0.2) is 53.5 Å². The number of halogens is 1. The maximum absolute atomic E-state index is 12.6. The first-order valence-electron chi connectivity index (χ1n) is 9.46. The Hall–Kier alpha value is -2.03. The van der Waals surface area contributed by atoms with Crippen molar-refractivity contribution >= 4 is 44.3 Å². The van der Waals surface area contributed by atoms with Gasteiger partial charge in [-0.1, -0.05) is 53.7 Å². The second-order valence-electron chi connectivity index (χ2n) is 7.33. The average Bonchev–Trinajstić information content (AvgIpc) is 3.16. The lowest BCUT2D eigenvalue weighted by molar-refractivity contribution is -0.117. The van der Waals surface area contributed by atoms with Gasteiger partial charge in [0, 0.05) is 16.8 Å². The number of hydrogen-bond donors (Lipinski definition) is 0. The lowest BCUT2D eigenvalue weighted by Gasteiger charge is -2.25. The summed E-state index contributed by atoms with van der Waals surface area (Å²) in [6.45, 7) is 0.415. The van der Waals surface area contributed by atoms with Crippen LogP contribution in [0.5, 0.6) is 5.75 Å². The van der Waals surface area contributed by atoms with Crippen molar-refractivity contribution in [2.45, 2.75) is 24.3 Å². The number of rotatable bonds is 5. The molecule has 0 N–H and O–H groups in total. The summed E-state index contributed by atoms with van der Waals surface area (Å²) in [7, 11) is -1.50. The van der Waals surface area contributed by atoms with E-state index in [0.717, 1.165) is 16.9 Å². The summed E-state index contributed by atoms with van der Waals surface area (Å²) in [5, 5.41) is 1.05. The number of fused-ring (bicyclic) bond motifs is 1. The van der Waals surface area contributed by atoms with Crippen molar-refractivity contribution in [3.63, 3.8) is 0 Å². The number of aliphatic imine (C=N–C) groups is 1. The van der Waals surface area contributed by atoms with Gasteiger partial charge in [0.15, 0.2) is 15.0 Å². The highest BCUT2D eigenvalue weighted by molar-refractivity contribution is 8.15. The zero-order chi connectivity index (χ0) is 21.3. The molecule has 9 heteroatoms. The van der Waals surface area contributed by atoms with Crippen LogP contribution in [0.4, 0.5) is 0 Å². The van der Waals surface area contributed by atoms with Gasteiger partial charge in [0.25, 0.3) is 5.91 Å². The standard InChI is InChI=1S/C21H21ClN2O4S2/c1-28-16-8-6-14(7-9-16)10-20(25)23-21-24(11-15-4-2-3-5-17(15)22)18-12-30(26,27)13-19(18)29-21/h2-9,18-19H,10-13H2,1H3/t18-,19-/m1/s1. The molecule has 2 aliphatic heterocycles. The van der Waals surface area contributed by atoms with E-state index in [1.54, 1.807) is 25.3 Å². The third-order valence-electron chi connectivity index (χ3n) is 5.21. The van der Waals surface area contributed by atoms with Crippen LogP contribution in [0.25, 0.3) is 0 Å². The fraction of sp³-hybridized carbons (Fsp3) is 0.333. The zero-order valence-corrected chi connectivity index (χ0v) is 18.7. The smallest absolute Gasteiger partial charge is 0.252 e. The van der Waals surface area contributed by atoms with Crippen LogP contribution in [0.3, 0.4) is 0 Å². The fourth-order valence-electron chi connectivity index (χ4n) is 3.69. The molecule has 2 aromatic rings. The number of nitrogens with zero attached hydrogens (tertiary/aromatic N) is 2. The number of amides is 1. The predicted molar refractivity (Wildman–Crippen MR) is 120 cm³/mol. The highest BCUT2D eigenvalue weighted by atomic mass is 35.5. The van der Waals surface area contributed by atoms with Gasteiger partial charge in [0.1, 0.15) is 5.75 Å². The molecule has 30 heavy (non-hydrogen) atoms. The van der Waals surface area contributed by atoms with E-state index in [9.17, 15) is 13.2 Å². The molecule has 0 aromatic heterocycles. The molecule has 2 heterocycles. The number of carbonyl (C=O) groups excluding carboxylic acids is 1. The van der Waals surface area contributed by atoms with Gasteiger partial charge in [0.2, 0.25) is 0 Å². The van der Waals surface area contributed by atoms with Crippen LogP contribution in [0.2, 0.25) is 5.02 Å². The van der Waals surface area contributed by atoms with E-state index < -0.39 is 9.84 Å². The minimum absolute atomic E-state index is 0.0702. The van der Waals surface area contributed by atoms with Crippen molar-refractivity contribution in [2.75, 3.05) is 18.6 Å². The summed E-state index contributed by atoms with van der Waals surface area (Å²) in [4.78, 5) is 18.9. The number of amidine groups is 1. The van der Waals surface area contributed by atoms with Crippen LogP contribution < -0.4 is 4.74 Å². The van der Waals surface area contributed by atoms with Crippen LogP contribution in [0, 0.1) is 0 Å². The molecular weight excluding hydrogens is 444 g/mol. The van der Waals surface area contributed by atoms with Gasteiger partial charge in [-0.3, -0.25) is 4.79 Å². The summed E-state index contributed by atoms with van der Waals surface area (Å²) in [6, 6.07) is 14.5. The van der Waals surface area contributed by atoms with E-state index in [2.05, 4.69) is 4.99 Å². The molecule has 4 rings (SSSR count). The molecule has 6 nitrogen and oxygen atoms in total. The molecule has 0 radical (unpaired) electrons. The zero-order valence-electron chi connectivity index (χ0n) is 16.3. The van der Waals surface area contributed by atoms with Gasteiger partial charge in [-0.2, -0.15) is 4.99 Å². The molecule has 2 fully saturated rings. The minimum atomic E-state index is -3.10. The molecule has 2 saturated heterocycles. The predicted octanol–water partition coefficient (Wildman–Crippen LogP) is 3.19. The van der Waals surface area contributed by atoms with E-state index >= 15 is 0 Å². The molecule has 1 amide bonds. The third-order valence-corrected chi connectivity index (χ3v) is 8.82. The quantitative estimate of drug-likeness (QED) is 0.676. The maximum atomic E-state index is 12.6. The highest BCUT2D eigenvalue weighted by Gasteiger charge is 2.48. The Morgan fingerprint density at radius 1 is 1.20 bits per heavy atom. The Morgan fingerprint density at radius 2 is 1.93 bits per heavy atom. The topological polar surface area (TPSA) is 76.0 Å². The maximum Gasteiger partial charge on any atom is 0.252 e. The van der Waals surface area contributed by atoms with Crippen LogP contribution in [0.1, 0.15) is 11.1 Å². The Morgan fingerprint density at radius 3 is 2.63 bits per heavy atom. The van der Waals surface area contributed by atoms with E-state index in [-0.39, 0.29) is 35.1 Å². The van der Waals surface area contributed by atoms with Gasteiger partial charge in [0.05, 0.1) is 31.1 Å². The van der Waals surface area contributed by atoms with Gasteiger partial charge in [-0.15, -0.1) is 0 Å². The summed E-state index contributed by atoms with van der Waals surface area (Å²) in [6.07, 6.45) is 0.168. The van der Waals surface area contributed by atoms with E-state index in [4.69, 9.17) is 16.3 Å². The van der Waals surface area contributed by atoms with Gasteiger partial charge < -0.3 is 9.64 Å². The van der Waals surface area contributed by atoms with Crippen molar-refractivity contribution in [3.05, 3.63) is 64.7 Å². The van der Waals surface area contributed by atoms with Crippen LogP contribution in [-0.2, 0) is 27.6 Å². The highest BCUT2D eigenvalue weighted by Crippen LogP contribution is 2.39. The Bertz CT molecular complexity index is 1090. The minimum Gasteiger partial charge on any atom is -0.497 e. The number of methoxy groups -OCH3 is 1. The molecular formula is C21H21ClN2O4S2. The monoisotopic (exact) mass is 464 g/mol. The first-order valence-corrected chi connectivity index (χ1v) is 12.5. The molecule has 2 aromatic carbocycles. The summed E-state index contributed by atoms with van der Waals surface area (Å²) in [5.41, 5.74) is 1.72. The Labute approximate surface area is 185 Å². The summed E-state index contributed by atoms with van der Waals surface area (Å²) in [5.74, 6) is 0.631. The van der Waals surface area contributed by atoms with Crippen molar-refractivity contribution in [2.24, 2.45) is 4.99 Å². The fourth-order valence-corrected chi connectivity index (χ4v) is 7.86. The summed E-state index contributed by atoms with van der Waals surface area (Å²) >= 11 is 7.69. The number of benzene rings is 2. The Balaban J connectivity index is 1.56. The SMILES string of the molecule is COc1ccc(CC(=O)N=C2S[C@@H]3CS(=O)(=O)C[C@H]3N2Cc2ccccc2Cl)cc1. The molecule has 158 valence electrons. The second-order valence-corrected chi connectivity index (χ2v) is 11.1. The first kappa shape index (κ1) is 21.2. The van der Waals surface area contributed by atoms with Crippen molar-refractivity contribution in [1.82, 2.24) is 4.90 Å². The van der Waals surface area contributed by atoms with Crippen LogP contribution in [-0.4, -0.2) is 54.3 Å². The summed E-state index contributed by atoms with van der Waals surface area (Å²) < 4.78 is 29.4. The number of thioether (sulfide) groups is 1. The van der Waals surface area contributed by atoms with E-state index in [1.165, 1.54) is 11.8 Å². The van der Waals surface area contributed by atoms with Gasteiger partial charge in [-0.05, 0) is 29.3 Å². The lowest BCUT2D eigenvalue weighted by Crippen LogP contribution is -2.37. The normalized spacial score (nSPS) is 23.5. The number of ether oxygens (including phenoxy) is 1. The molecule has 0 spiro atoms. The molecule has 0 bridgehead atoms. The molecule has 2 atom stereocenters. The van der Waals surface area contributed by atoms with Crippen molar-refractivity contribution < 1.29 is 17.9 Å². The molecule has 2 aliphatic rings. The number of sulfone groups is 1. The lowest BCUT2D eigenvalue weighted by atomic mass is 10.1. The largest absolute Gasteiger partial charge is 0.497 e. The number of carbonyl (C=O) groups is 1. The average molecular weight is 465 g/mol. The second kappa shape index (κ2) is 8.61. The van der Waals surface area contributed by atoms with E-state index in [0.29, 0.717) is 16.7 Å². The molecule has 0 aliphatic carbocycles. The van der Waals surface area contributed by atoms with Gasteiger partial charge in [-0.25, -0.2) is 8.42 Å². The van der Waals surface area contributed by atoms with E-state index in [1.807, 2.05) is 35.2 Å². The molecule has 0 saturated carbocycles. The number of hydrogen-bond acceptors (Lipinski definition) is 5. The van der Waals surface area contributed by atoms with Crippen LogP contribution >= 0.6 is 23.4 Å². The molecule has 0 unspecified atom stereocenters.